The first kappa shape index (κ1) is 27.4. The number of anilines is 1. The van der Waals surface area contributed by atoms with Gasteiger partial charge in [0.15, 0.2) is 5.75 Å². The van der Waals surface area contributed by atoms with Gasteiger partial charge >= 0.3 is 10.1 Å². The number of hydrogen-bond acceptors (Lipinski definition) is 12. The number of azo groups is 2. The second kappa shape index (κ2) is 11.9. The number of nitrogen functional groups attached to an aromatic ring is 1. The molecule has 5 N–H and O–H groups in total. The lowest BCUT2D eigenvalue weighted by atomic mass is 10.1. The highest BCUT2D eigenvalue weighted by Crippen LogP contribution is 2.45. The quantitative estimate of drug-likeness (QED) is 0.116. The molecule has 0 atom stereocenters. The molecule has 0 heterocycles. The lowest BCUT2D eigenvalue weighted by molar-refractivity contribution is 0.332. The van der Waals surface area contributed by atoms with Gasteiger partial charge in [0.1, 0.15) is 33.5 Å². The number of phenolic OH excluding ortho intramolecular Hbond substituents is 1. The molecule has 13 heteroatoms. The average molecular weight is 551 g/mol. The molecule has 39 heavy (non-hydrogen) atoms. The van der Waals surface area contributed by atoms with Crippen molar-refractivity contribution in [3.05, 3.63) is 66.7 Å². The van der Waals surface area contributed by atoms with Crippen molar-refractivity contribution < 1.29 is 27.3 Å². The topological polar surface area (TPSA) is 184 Å². The first-order chi connectivity index (χ1) is 18.8. The molecule has 202 valence electrons. The molecule has 0 aliphatic heterocycles. The van der Waals surface area contributed by atoms with Crippen molar-refractivity contribution in [2.45, 2.75) is 18.7 Å². The summed E-state index contributed by atoms with van der Waals surface area (Å²) in [6.45, 7) is 4.19. The van der Waals surface area contributed by atoms with Gasteiger partial charge in [0.25, 0.3) is 0 Å². The van der Waals surface area contributed by atoms with Gasteiger partial charge < -0.3 is 20.3 Å². The molecule has 0 aromatic heterocycles. The number of benzene rings is 4. The molecule has 0 amide bonds. The summed E-state index contributed by atoms with van der Waals surface area (Å²) in [5.41, 5.74) is 7.02. The Balaban J connectivity index is 1.86. The third-order valence-corrected chi connectivity index (χ3v) is 6.50. The fraction of sp³-hybridized carbons (Fsp3) is 0.154. The smallest absolute Gasteiger partial charge is 0.315 e. The summed E-state index contributed by atoms with van der Waals surface area (Å²) < 4.78 is 40.8. The summed E-state index contributed by atoms with van der Waals surface area (Å²) in [4.78, 5) is -0.486. The summed E-state index contributed by atoms with van der Waals surface area (Å²) in [5, 5.41) is 28.4. The minimum absolute atomic E-state index is 0.183. The van der Waals surface area contributed by atoms with Crippen molar-refractivity contribution in [1.82, 2.24) is 0 Å². The van der Waals surface area contributed by atoms with Crippen LogP contribution in [0.15, 0.2) is 92.1 Å². The Kier molecular flexibility index (Phi) is 8.34. The molecule has 0 bridgehead atoms. The predicted octanol–water partition coefficient (Wildman–Crippen LogP) is 6.33. The van der Waals surface area contributed by atoms with Gasteiger partial charge in [-0.1, -0.05) is 24.3 Å². The largest absolute Gasteiger partial charge is 0.505 e. The van der Waals surface area contributed by atoms with Crippen LogP contribution >= 0.6 is 0 Å². The van der Waals surface area contributed by atoms with Gasteiger partial charge in [-0.2, -0.15) is 23.7 Å². The van der Waals surface area contributed by atoms with Crippen LogP contribution in [-0.2, 0) is 14.4 Å². The molecule has 4 rings (SSSR count). The summed E-state index contributed by atoms with van der Waals surface area (Å²) in [5.74, 6) is 5.15. The molecule has 12 nitrogen and oxygen atoms in total. The van der Waals surface area contributed by atoms with E-state index in [0.717, 1.165) is 0 Å². The minimum Gasteiger partial charge on any atom is -0.505 e. The predicted molar refractivity (Wildman–Crippen MR) is 146 cm³/mol. The molecular formula is C26H26N6O6S. The van der Waals surface area contributed by atoms with Crippen molar-refractivity contribution in [3.8, 4) is 17.2 Å². The Morgan fingerprint density at radius 3 is 2.03 bits per heavy atom. The van der Waals surface area contributed by atoms with Crippen LogP contribution in [0, 0.1) is 0 Å². The zero-order chi connectivity index (χ0) is 28.0. The van der Waals surface area contributed by atoms with Crippen molar-refractivity contribution in [2.24, 2.45) is 26.4 Å². The first-order valence-corrected chi connectivity index (χ1v) is 13.2. The van der Waals surface area contributed by atoms with E-state index in [4.69, 9.17) is 21.1 Å². The van der Waals surface area contributed by atoms with Crippen molar-refractivity contribution in [3.63, 3.8) is 0 Å². The van der Waals surface area contributed by atoms with Crippen molar-refractivity contribution >= 4 is 49.3 Å². The Morgan fingerprint density at radius 2 is 1.44 bits per heavy atom. The summed E-state index contributed by atoms with van der Waals surface area (Å²) in [6, 6.07) is 18.1. The van der Waals surface area contributed by atoms with E-state index in [1.54, 1.807) is 44.2 Å². The number of fused-ring (bicyclic) bond motifs is 1. The Bertz CT molecular complexity index is 1660. The van der Waals surface area contributed by atoms with Gasteiger partial charge in [0.05, 0.1) is 18.9 Å². The third kappa shape index (κ3) is 6.12. The Labute approximate surface area is 224 Å². The van der Waals surface area contributed by atoms with E-state index in [0.29, 0.717) is 34.8 Å². The summed E-state index contributed by atoms with van der Waals surface area (Å²) >= 11 is 0. The van der Waals surface area contributed by atoms with Crippen LogP contribution < -0.4 is 21.1 Å². The molecule has 0 saturated carbocycles. The number of hydrogen-bond donors (Lipinski definition) is 3. The zero-order valence-corrected chi connectivity index (χ0v) is 21.9. The third-order valence-electron chi connectivity index (χ3n) is 5.40. The van der Waals surface area contributed by atoms with Crippen LogP contribution in [0.5, 0.6) is 17.2 Å². The lowest BCUT2D eigenvalue weighted by Gasteiger charge is -2.13. The maximum Gasteiger partial charge on any atom is 0.315 e. The number of aromatic hydroxyl groups is 1. The van der Waals surface area contributed by atoms with E-state index >= 15 is 0 Å². The highest BCUT2D eigenvalue weighted by atomic mass is 32.2. The van der Waals surface area contributed by atoms with E-state index in [2.05, 4.69) is 24.7 Å². The molecule has 0 radical (unpaired) electrons. The second-order valence-electron chi connectivity index (χ2n) is 7.99. The molecule has 0 aliphatic rings. The molecule has 0 unspecified atom stereocenters. The fourth-order valence-electron chi connectivity index (χ4n) is 3.64. The maximum absolute atomic E-state index is 12.6. The standard InChI is InChI=1S/C26H26N6O6S/c1-3-36-22-15-21(23(37-4-2)14-20(22)30-29-18-8-6-5-7-9-18)31-32-25-24(39(34,35)38-28)12-16-10-11-17(27)13-19(16)26(25)33/h5-15,33H,3-4,27-28H2,1-2H3. The molecule has 0 aliphatic carbocycles. The van der Waals surface area contributed by atoms with Gasteiger partial charge in [0, 0.05) is 23.2 Å². The number of ether oxygens (including phenoxy) is 2. The fourth-order valence-corrected chi connectivity index (χ4v) is 4.39. The zero-order valence-electron chi connectivity index (χ0n) is 21.1. The molecule has 0 saturated heterocycles. The molecule has 4 aromatic carbocycles. The number of phenols is 1. The molecule has 4 aromatic rings. The van der Waals surface area contributed by atoms with E-state index in [9.17, 15) is 13.5 Å². The van der Waals surface area contributed by atoms with E-state index in [1.165, 1.54) is 18.2 Å². The van der Waals surface area contributed by atoms with Gasteiger partial charge in [-0.15, -0.1) is 15.3 Å². The van der Waals surface area contributed by atoms with Gasteiger partial charge in [-0.3, -0.25) is 0 Å². The number of nitrogens with two attached hydrogens (primary N) is 2. The van der Waals surface area contributed by atoms with Crippen LogP contribution in [0.4, 0.5) is 28.4 Å². The highest BCUT2D eigenvalue weighted by molar-refractivity contribution is 7.86. The van der Waals surface area contributed by atoms with Crippen LogP contribution in [-0.4, -0.2) is 26.7 Å². The Hall–Kier alpha value is -4.59. The normalized spacial score (nSPS) is 12.0. The first-order valence-electron chi connectivity index (χ1n) is 11.8. The summed E-state index contributed by atoms with van der Waals surface area (Å²) in [7, 11) is -4.49. The van der Waals surface area contributed by atoms with Crippen molar-refractivity contribution in [1.29, 1.82) is 0 Å². The van der Waals surface area contributed by atoms with Gasteiger partial charge in [-0.25, -0.2) is 0 Å². The van der Waals surface area contributed by atoms with Gasteiger partial charge in [-0.05, 0) is 49.6 Å². The van der Waals surface area contributed by atoms with Gasteiger partial charge in [0.2, 0.25) is 0 Å². The van der Waals surface area contributed by atoms with E-state index < -0.39 is 26.5 Å². The highest BCUT2D eigenvalue weighted by Gasteiger charge is 2.25. The number of nitrogens with zero attached hydrogens (tertiary/aromatic N) is 4. The van der Waals surface area contributed by atoms with Crippen LogP contribution in [0.2, 0.25) is 0 Å². The van der Waals surface area contributed by atoms with Crippen molar-refractivity contribution in [2.75, 3.05) is 18.9 Å². The Morgan fingerprint density at radius 1 is 0.821 bits per heavy atom. The SMILES string of the molecule is CCOc1cc(N=Nc2c(S(=O)(=O)ON)cc3ccc(N)cc3c2O)c(OCC)cc1N=Nc1ccccc1. The van der Waals surface area contributed by atoms with Crippen LogP contribution in [0.3, 0.4) is 0 Å². The average Bonchev–Trinajstić information content (AvgIpc) is 2.93. The minimum atomic E-state index is -4.49. The maximum atomic E-state index is 12.6. The van der Waals surface area contributed by atoms with E-state index in [1.807, 2.05) is 18.2 Å². The molecule has 0 spiro atoms. The van der Waals surface area contributed by atoms with Crippen LogP contribution in [0.1, 0.15) is 13.8 Å². The second-order valence-corrected chi connectivity index (χ2v) is 9.53. The number of rotatable bonds is 10. The monoisotopic (exact) mass is 550 g/mol. The molecule has 0 fully saturated rings. The van der Waals surface area contributed by atoms with E-state index in [-0.39, 0.29) is 23.4 Å². The van der Waals surface area contributed by atoms with Crippen LogP contribution in [0.25, 0.3) is 10.8 Å². The molecular weight excluding hydrogens is 524 g/mol. The lowest BCUT2D eigenvalue weighted by Crippen LogP contribution is -2.11. The summed E-state index contributed by atoms with van der Waals surface area (Å²) in [6.07, 6.45) is 0.